The van der Waals surface area contributed by atoms with Gasteiger partial charge in [-0.15, -0.1) is 0 Å². The van der Waals surface area contributed by atoms with Gasteiger partial charge in [0.15, 0.2) is 0 Å². The summed E-state index contributed by atoms with van der Waals surface area (Å²) in [5.74, 6) is 0. The van der Waals surface area contributed by atoms with E-state index in [-0.39, 0.29) is 5.70 Å². The van der Waals surface area contributed by atoms with Crippen LogP contribution >= 0.6 is 0 Å². The molecule has 0 aliphatic rings. The minimum Gasteiger partial charge on any atom is -0.264 e. The molecular formula is C5H8N2O4. The van der Waals surface area contributed by atoms with Crippen LogP contribution in [0, 0.1) is 20.2 Å². The Labute approximate surface area is 62.8 Å². The Bertz CT molecular complexity index is 217. The van der Waals surface area contributed by atoms with Gasteiger partial charge in [0.25, 0.3) is 6.54 Å². The van der Waals surface area contributed by atoms with E-state index in [4.69, 9.17) is 0 Å². The van der Waals surface area contributed by atoms with Crippen LogP contribution in [0.2, 0.25) is 0 Å². The first-order chi connectivity index (χ1) is 4.95. The maximum absolute atomic E-state index is 10.1. The Morgan fingerprint density at radius 2 is 1.73 bits per heavy atom. The second-order valence-electron chi connectivity index (χ2n) is 2.19. The van der Waals surface area contributed by atoms with E-state index in [2.05, 4.69) is 0 Å². The van der Waals surface area contributed by atoms with Gasteiger partial charge in [0.05, 0.1) is 4.92 Å². The van der Waals surface area contributed by atoms with Crippen molar-refractivity contribution in [2.75, 3.05) is 6.54 Å². The van der Waals surface area contributed by atoms with Crippen molar-refractivity contribution in [2.24, 2.45) is 0 Å². The first-order valence-electron chi connectivity index (χ1n) is 2.87. The molecule has 6 heteroatoms. The Morgan fingerprint density at radius 1 is 1.27 bits per heavy atom. The third-order valence-corrected chi connectivity index (χ3v) is 1.08. The van der Waals surface area contributed by atoms with E-state index >= 15 is 0 Å². The molecule has 0 amide bonds. The lowest BCUT2D eigenvalue weighted by Crippen LogP contribution is -2.12. The summed E-state index contributed by atoms with van der Waals surface area (Å²) in [4.78, 5) is 18.6. The van der Waals surface area contributed by atoms with Gasteiger partial charge < -0.3 is 0 Å². The summed E-state index contributed by atoms with van der Waals surface area (Å²) in [7, 11) is 0. The van der Waals surface area contributed by atoms with Gasteiger partial charge in [-0.3, -0.25) is 20.2 Å². The van der Waals surface area contributed by atoms with Crippen LogP contribution in [0.5, 0.6) is 0 Å². The van der Waals surface area contributed by atoms with E-state index in [0.717, 1.165) is 0 Å². The number of nitrogens with zero attached hydrogens (tertiary/aromatic N) is 2. The zero-order valence-corrected chi connectivity index (χ0v) is 6.23. The predicted octanol–water partition coefficient (Wildman–Crippen LogP) is 0.834. The molecule has 62 valence electrons. The average Bonchev–Trinajstić information content (AvgIpc) is 1.81. The Hall–Kier alpha value is -1.46. The topological polar surface area (TPSA) is 86.3 Å². The molecule has 0 atom stereocenters. The number of rotatable bonds is 3. The highest BCUT2D eigenvalue weighted by molar-refractivity contribution is 5.01. The van der Waals surface area contributed by atoms with E-state index in [1.165, 1.54) is 13.8 Å². The van der Waals surface area contributed by atoms with Crippen LogP contribution in [-0.4, -0.2) is 16.4 Å². The van der Waals surface area contributed by atoms with Crippen molar-refractivity contribution in [3.8, 4) is 0 Å². The zero-order valence-electron chi connectivity index (χ0n) is 6.23. The van der Waals surface area contributed by atoms with Crippen molar-refractivity contribution in [1.82, 2.24) is 0 Å². The molecule has 0 heterocycles. The van der Waals surface area contributed by atoms with Gasteiger partial charge in [0.1, 0.15) is 0 Å². The lowest BCUT2D eigenvalue weighted by atomic mass is 10.3. The highest BCUT2D eigenvalue weighted by Crippen LogP contribution is 2.03. The summed E-state index contributed by atoms with van der Waals surface area (Å²) in [6, 6.07) is 0. The fourth-order valence-corrected chi connectivity index (χ4v) is 0.521. The minimum absolute atomic E-state index is 0.338. The molecule has 0 aromatic carbocycles. The first kappa shape index (κ1) is 9.54. The number of hydrogen-bond acceptors (Lipinski definition) is 4. The van der Waals surface area contributed by atoms with Crippen LogP contribution in [0.25, 0.3) is 0 Å². The lowest BCUT2D eigenvalue weighted by Gasteiger charge is -1.93. The average molecular weight is 160 g/mol. The van der Waals surface area contributed by atoms with Crippen molar-refractivity contribution in [2.45, 2.75) is 13.8 Å². The second-order valence-corrected chi connectivity index (χ2v) is 2.19. The van der Waals surface area contributed by atoms with E-state index in [1.807, 2.05) is 0 Å². The number of hydrogen-bond donors (Lipinski definition) is 0. The molecule has 11 heavy (non-hydrogen) atoms. The van der Waals surface area contributed by atoms with Gasteiger partial charge in [0, 0.05) is 10.5 Å². The molecule has 0 aliphatic heterocycles. The van der Waals surface area contributed by atoms with Crippen molar-refractivity contribution in [3.05, 3.63) is 31.5 Å². The van der Waals surface area contributed by atoms with Crippen molar-refractivity contribution in [3.63, 3.8) is 0 Å². The van der Waals surface area contributed by atoms with Crippen LogP contribution < -0.4 is 0 Å². The Morgan fingerprint density at radius 3 is 1.82 bits per heavy atom. The summed E-state index contributed by atoms with van der Waals surface area (Å²) in [6.45, 7) is 2.23. The summed E-state index contributed by atoms with van der Waals surface area (Å²) in [6.07, 6.45) is 0. The van der Waals surface area contributed by atoms with Gasteiger partial charge in [-0.2, -0.15) is 0 Å². The number of nitro groups is 2. The molecule has 0 aliphatic carbocycles. The van der Waals surface area contributed by atoms with Gasteiger partial charge in [-0.1, -0.05) is 0 Å². The molecule has 0 N–H and O–H groups in total. The molecule has 0 fully saturated rings. The highest BCUT2D eigenvalue weighted by atomic mass is 16.6. The number of allylic oxidation sites excluding steroid dienone is 1. The molecule has 0 aromatic rings. The normalized spacial score (nSPS) is 8.91. The summed E-state index contributed by atoms with van der Waals surface area (Å²) in [5, 5.41) is 20.0. The summed E-state index contributed by atoms with van der Waals surface area (Å²) < 4.78 is 0. The zero-order chi connectivity index (χ0) is 9.02. The molecule has 0 spiro atoms. The summed E-state index contributed by atoms with van der Waals surface area (Å²) in [5.41, 5.74) is 0.0294. The molecular weight excluding hydrogens is 152 g/mol. The standard InChI is InChI=1S/C5H8N2O4/c1-4(2)5(7(10)11)3-6(8)9/h3H2,1-2H3. The second kappa shape index (κ2) is 3.65. The smallest absolute Gasteiger partial charge is 0.264 e. The van der Waals surface area contributed by atoms with E-state index < -0.39 is 16.4 Å². The van der Waals surface area contributed by atoms with Gasteiger partial charge in [-0.25, -0.2) is 0 Å². The molecule has 0 bridgehead atoms. The summed E-state index contributed by atoms with van der Waals surface area (Å²) >= 11 is 0. The van der Waals surface area contributed by atoms with E-state index in [9.17, 15) is 20.2 Å². The van der Waals surface area contributed by atoms with Crippen molar-refractivity contribution < 1.29 is 9.85 Å². The highest BCUT2D eigenvalue weighted by Gasteiger charge is 2.19. The van der Waals surface area contributed by atoms with Gasteiger partial charge in [-0.05, 0) is 13.8 Å². The van der Waals surface area contributed by atoms with Crippen LogP contribution in [0.1, 0.15) is 13.8 Å². The van der Waals surface area contributed by atoms with Gasteiger partial charge in [0.2, 0.25) is 0 Å². The van der Waals surface area contributed by atoms with Crippen molar-refractivity contribution in [1.29, 1.82) is 0 Å². The van der Waals surface area contributed by atoms with Crippen LogP contribution in [0.15, 0.2) is 11.3 Å². The first-order valence-corrected chi connectivity index (χ1v) is 2.87. The molecule has 0 saturated carbocycles. The maximum atomic E-state index is 10.1. The molecule has 0 aromatic heterocycles. The predicted molar refractivity (Wildman–Crippen MR) is 37.2 cm³/mol. The lowest BCUT2D eigenvalue weighted by molar-refractivity contribution is -0.520. The SMILES string of the molecule is CC(C)=C(C[N+](=O)[O-])[N+](=O)[O-]. The van der Waals surface area contributed by atoms with Crippen LogP contribution in [0.4, 0.5) is 0 Å². The van der Waals surface area contributed by atoms with Crippen LogP contribution in [0.3, 0.4) is 0 Å². The molecule has 0 unspecified atom stereocenters. The quantitative estimate of drug-likeness (QED) is 0.452. The Balaban J connectivity index is 4.52. The third kappa shape index (κ3) is 3.29. The molecule has 6 nitrogen and oxygen atoms in total. The fourth-order valence-electron chi connectivity index (χ4n) is 0.521. The van der Waals surface area contributed by atoms with Gasteiger partial charge >= 0.3 is 5.70 Å². The molecule has 0 radical (unpaired) electrons. The largest absolute Gasteiger partial charge is 0.315 e. The van der Waals surface area contributed by atoms with E-state index in [0.29, 0.717) is 5.57 Å². The maximum Gasteiger partial charge on any atom is 0.315 e. The fraction of sp³-hybridized carbons (Fsp3) is 0.600. The third-order valence-electron chi connectivity index (χ3n) is 1.08. The minimum atomic E-state index is -0.724. The van der Waals surface area contributed by atoms with Crippen molar-refractivity contribution >= 4 is 0 Å². The van der Waals surface area contributed by atoms with Crippen LogP contribution in [-0.2, 0) is 0 Å². The molecule has 0 saturated heterocycles. The Kier molecular flexibility index (Phi) is 3.16. The monoisotopic (exact) mass is 160 g/mol. The molecule has 0 rings (SSSR count). The van der Waals surface area contributed by atoms with E-state index in [1.54, 1.807) is 0 Å².